The monoisotopic (exact) mass is 511 g/mol. The number of esters is 1. The molecule has 3 nitrogen and oxygen atoms in total. The van der Waals surface area contributed by atoms with Crippen LogP contribution in [0.2, 0.25) is 0 Å². The van der Waals surface area contributed by atoms with Crippen LogP contribution in [-0.4, -0.2) is 11.0 Å². The highest BCUT2D eigenvalue weighted by Gasteiger charge is 2.02. The van der Waals surface area contributed by atoms with Gasteiger partial charge in [0.05, 0.1) is 0 Å². The Kier molecular flexibility index (Phi) is 24.3. The molecule has 0 aliphatic carbocycles. The van der Waals surface area contributed by atoms with Crippen LogP contribution in [0.4, 0.5) is 0 Å². The Labute approximate surface area is 229 Å². The maximum atomic E-state index is 11.8. The van der Waals surface area contributed by atoms with Crippen molar-refractivity contribution in [3.63, 3.8) is 0 Å². The summed E-state index contributed by atoms with van der Waals surface area (Å²) in [4.78, 5) is 15.8. The Hall–Kier alpha value is -1.90. The van der Waals surface area contributed by atoms with Gasteiger partial charge in [-0.1, -0.05) is 134 Å². The van der Waals surface area contributed by atoms with Gasteiger partial charge in [0, 0.05) is 24.4 Å². The molecule has 1 heterocycles. The Morgan fingerprint density at radius 3 is 1.68 bits per heavy atom. The van der Waals surface area contributed by atoms with Gasteiger partial charge in [-0.15, -0.1) is 0 Å². The zero-order valence-electron chi connectivity index (χ0n) is 24.1. The molecule has 1 aromatic rings. The first kappa shape index (κ1) is 33.1. The predicted octanol–water partition coefficient (Wildman–Crippen LogP) is 10.8. The van der Waals surface area contributed by atoms with E-state index in [0.29, 0.717) is 13.0 Å². The summed E-state index contributed by atoms with van der Waals surface area (Å²) in [5.41, 5.74) is 0.929. The Bertz CT molecular complexity index is 668. The van der Waals surface area contributed by atoms with Crippen LogP contribution in [0.3, 0.4) is 0 Å². The topological polar surface area (TPSA) is 39.2 Å². The lowest BCUT2D eigenvalue weighted by Gasteiger charge is -2.03. The molecule has 0 aliphatic heterocycles. The SMILES string of the molecule is CCCCCCCCCCCCCCCCCC/C=C\CC/C=C\CCCC(=O)OCc1cccnc1. The smallest absolute Gasteiger partial charge is 0.306 e. The minimum atomic E-state index is -0.130. The van der Waals surface area contributed by atoms with Crippen LogP contribution in [0, 0.1) is 0 Å². The van der Waals surface area contributed by atoms with Crippen molar-refractivity contribution in [2.75, 3.05) is 0 Å². The van der Waals surface area contributed by atoms with E-state index < -0.39 is 0 Å². The summed E-state index contributed by atoms with van der Waals surface area (Å²) in [6, 6.07) is 3.77. The van der Waals surface area contributed by atoms with E-state index in [9.17, 15) is 4.79 Å². The van der Waals surface area contributed by atoms with Crippen molar-refractivity contribution in [3.05, 3.63) is 54.4 Å². The summed E-state index contributed by atoms with van der Waals surface area (Å²) < 4.78 is 5.27. The first-order valence-electron chi connectivity index (χ1n) is 15.7. The van der Waals surface area contributed by atoms with Gasteiger partial charge in [-0.25, -0.2) is 0 Å². The van der Waals surface area contributed by atoms with Crippen LogP contribution < -0.4 is 0 Å². The predicted molar refractivity (Wildman–Crippen MR) is 160 cm³/mol. The van der Waals surface area contributed by atoms with Gasteiger partial charge in [-0.3, -0.25) is 9.78 Å². The molecule has 0 atom stereocenters. The highest BCUT2D eigenvalue weighted by Crippen LogP contribution is 2.14. The molecule has 0 fully saturated rings. The van der Waals surface area contributed by atoms with E-state index in [1.165, 1.54) is 109 Å². The molecule has 0 N–H and O–H groups in total. The molecule has 0 saturated carbocycles. The molecule has 37 heavy (non-hydrogen) atoms. The first-order valence-corrected chi connectivity index (χ1v) is 15.7. The number of hydrogen-bond acceptors (Lipinski definition) is 3. The number of aromatic nitrogens is 1. The number of nitrogens with zero attached hydrogens (tertiary/aromatic N) is 1. The molecular formula is C34H57NO2. The van der Waals surface area contributed by atoms with Gasteiger partial charge in [0.25, 0.3) is 0 Å². The van der Waals surface area contributed by atoms with Crippen molar-refractivity contribution in [3.8, 4) is 0 Å². The summed E-state index contributed by atoms with van der Waals surface area (Å²) in [5.74, 6) is -0.130. The van der Waals surface area contributed by atoms with Crippen molar-refractivity contribution in [1.82, 2.24) is 4.98 Å². The molecule has 0 aromatic carbocycles. The van der Waals surface area contributed by atoms with Gasteiger partial charge in [0.2, 0.25) is 0 Å². The molecular weight excluding hydrogens is 454 g/mol. The van der Waals surface area contributed by atoms with E-state index in [4.69, 9.17) is 4.74 Å². The van der Waals surface area contributed by atoms with E-state index in [1.54, 1.807) is 12.4 Å². The fourth-order valence-corrected chi connectivity index (χ4v) is 4.56. The summed E-state index contributed by atoms with van der Waals surface area (Å²) in [7, 11) is 0. The Morgan fingerprint density at radius 2 is 1.16 bits per heavy atom. The lowest BCUT2D eigenvalue weighted by molar-refractivity contribution is -0.145. The molecule has 0 unspecified atom stereocenters. The van der Waals surface area contributed by atoms with Gasteiger partial charge < -0.3 is 4.74 Å². The van der Waals surface area contributed by atoms with E-state index in [1.807, 2.05) is 12.1 Å². The summed E-state index contributed by atoms with van der Waals surface area (Å²) >= 11 is 0. The van der Waals surface area contributed by atoms with Crippen molar-refractivity contribution in [2.24, 2.45) is 0 Å². The summed E-state index contributed by atoms with van der Waals surface area (Å²) in [6.45, 7) is 2.61. The zero-order valence-corrected chi connectivity index (χ0v) is 24.1. The first-order chi connectivity index (χ1) is 18.3. The second-order valence-corrected chi connectivity index (χ2v) is 10.5. The molecule has 0 bridgehead atoms. The molecule has 0 saturated heterocycles. The summed E-state index contributed by atoms with van der Waals surface area (Å²) in [6.07, 6.45) is 41.1. The third-order valence-electron chi connectivity index (χ3n) is 6.93. The number of hydrogen-bond donors (Lipinski definition) is 0. The number of carbonyl (C=O) groups is 1. The van der Waals surface area contributed by atoms with E-state index in [-0.39, 0.29) is 5.97 Å². The van der Waals surface area contributed by atoms with Crippen molar-refractivity contribution in [1.29, 1.82) is 0 Å². The largest absolute Gasteiger partial charge is 0.461 e. The average molecular weight is 512 g/mol. The van der Waals surface area contributed by atoms with Gasteiger partial charge in [0.1, 0.15) is 6.61 Å². The average Bonchev–Trinajstić information content (AvgIpc) is 2.92. The highest BCUT2D eigenvalue weighted by molar-refractivity contribution is 5.69. The zero-order chi connectivity index (χ0) is 26.5. The fraction of sp³-hybridized carbons (Fsp3) is 0.706. The van der Waals surface area contributed by atoms with Crippen LogP contribution in [-0.2, 0) is 16.1 Å². The molecule has 0 amide bonds. The van der Waals surface area contributed by atoms with Crippen LogP contribution in [0.25, 0.3) is 0 Å². The highest BCUT2D eigenvalue weighted by atomic mass is 16.5. The minimum Gasteiger partial charge on any atom is -0.461 e. The van der Waals surface area contributed by atoms with Crippen molar-refractivity contribution < 1.29 is 9.53 Å². The molecule has 3 heteroatoms. The van der Waals surface area contributed by atoms with Gasteiger partial charge >= 0.3 is 5.97 Å². The summed E-state index contributed by atoms with van der Waals surface area (Å²) in [5, 5.41) is 0. The number of ether oxygens (including phenoxy) is 1. The van der Waals surface area contributed by atoms with E-state index in [2.05, 4.69) is 36.2 Å². The maximum Gasteiger partial charge on any atom is 0.306 e. The molecule has 210 valence electrons. The quantitative estimate of drug-likeness (QED) is 0.0705. The third kappa shape index (κ3) is 24.2. The maximum absolute atomic E-state index is 11.8. The van der Waals surface area contributed by atoms with Gasteiger partial charge in [-0.2, -0.15) is 0 Å². The van der Waals surface area contributed by atoms with Gasteiger partial charge in [-0.05, 0) is 44.6 Å². The number of carbonyl (C=O) groups excluding carboxylic acids is 1. The molecule has 1 rings (SSSR count). The van der Waals surface area contributed by atoms with Crippen LogP contribution in [0.1, 0.15) is 154 Å². The lowest BCUT2D eigenvalue weighted by atomic mass is 10.0. The Morgan fingerprint density at radius 1 is 0.676 bits per heavy atom. The molecule has 0 spiro atoms. The number of unbranched alkanes of at least 4 members (excludes halogenated alkanes) is 18. The number of pyridine rings is 1. The number of allylic oxidation sites excluding steroid dienone is 4. The standard InChI is InChI=1S/C34H57NO2/c1-2-3-4-5-6-7-8-9-10-11-12-13-14-15-16-17-18-19-20-21-22-23-24-25-26-29-34(36)37-32-33-28-27-30-35-31-33/h19-20,23-24,27-28,30-31H,2-18,21-22,25-26,29,32H2,1H3/b20-19-,24-23-. The van der Waals surface area contributed by atoms with Crippen LogP contribution in [0.15, 0.2) is 48.8 Å². The van der Waals surface area contributed by atoms with Crippen LogP contribution in [0.5, 0.6) is 0 Å². The van der Waals surface area contributed by atoms with Gasteiger partial charge in [0.15, 0.2) is 0 Å². The van der Waals surface area contributed by atoms with Crippen molar-refractivity contribution in [2.45, 2.75) is 155 Å². The van der Waals surface area contributed by atoms with E-state index in [0.717, 1.165) is 31.2 Å². The lowest BCUT2D eigenvalue weighted by Crippen LogP contribution is -2.04. The fourth-order valence-electron chi connectivity index (χ4n) is 4.56. The molecule has 0 radical (unpaired) electrons. The normalized spacial score (nSPS) is 11.6. The second-order valence-electron chi connectivity index (χ2n) is 10.5. The minimum absolute atomic E-state index is 0.130. The number of rotatable bonds is 26. The van der Waals surface area contributed by atoms with E-state index >= 15 is 0 Å². The second kappa shape index (κ2) is 27.1. The molecule has 0 aliphatic rings. The third-order valence-corrected chi connectivity index (χ3v) is 6.93. The molecule has 1 aromatic heterocycles. The Balaban J connectivity index is 1.75. The van der Waals surface area contributed by atoms with Crippen LogP contribution >= 0.6 is 0 Å². The van der Waals surface area contributed by atoms with Crippen molar-refractivity contribution >= 4 is 5.97 Å².